The number of hydrogen-bond acceptors (Lipinski definition) is 6. The van der Waals surface area contributed by atoms with Crippen LogP contribution in [0.25, 0.3) is 0 Å². The molecule has 0 aliphatic carbocycles. The molecule has 2 heterocycles. The Bertz CT molecular complexity index is 811. The molecule has 2 aromatic heterocycles. The second kappa shape index (κ2) is 10.4. The third-order valence-electron chi connectivity index (χ3n) is 4.85. The Morgan fingerprint density at radius 1 is 1.28 bits per heavy atom. The van der Waals surface area contributed by atoms with E-state index in [0.717, 1.165) is 25.1 Å². The van der Waals surface area contributed by atoms with E-state index >= 15 is 0 Å². The van der Waals surface area contributed by atoms with Crippen molar-refractivity contribution in [1.82, 2.24) is 25.0 Å². The van der Waals surface area contributed by atoms with Gasteiger partial charge in [0.15, 0.2) is 5.84 Å². The average Bonchev–Trinajstić information content (AvgIpc) is 3.18. The lowest BCUT2D eigenvalue weighted by Crippen LogP contribution is -2.47. The maximum Gasteiger partial charge on any atom is 0.326 e. The number of carbonyl (C=O) groups excluding carboxylic acids is 1. The Balaban J connectivity index is 2.29. The number of nitrogens with zero attached hydrogens (tertiary/aromatic N) is 6. The number of carbonyl (C=O) groups is 1. The summed E-state index contributed by atoms with van der Waals surface area (Å²) < 4.78 is 2.02. The molecular formula is C19H31N9O. The second-order valence-electron chi connectivity index (χ2n) is 6.68. The molecule has 2 aromatic rings. The molecule has 2 rings (SSSR count). The van der Waals surface area contributed by atoms with Gasteiger partial charge in [0.25, 0.3) is 0 Å². The quantitative estimate of drug-likeness (QED) is 0.253. The first-order chi connectivity index (χ1) is 14.0. The Labute approximate surface area is 171 Å². The summed E-state index contributed by atoms with van der Waals surface area (Å²) in [6.45, 7) is 7.43. The Kier molecular flexibility index (Phi) is 7.96. The van der Waals surface area contributed by atoms with Gasteiger partial charge in [-0.3, -0.25) is 4.90 Å². The molecule has 158 valence electrons. The van der Waals surface area contributed by atoms with E-state index < -0.39 is 0 Å². The van der Waals surface area contributed by atoms with Crippen LogP contribution in [0.2, 0.25) is 0 Å². The van der Waals surface area contributed by atoms with Crippen molar-refractivity contribution < 1.29 is 4.79 Å². The van der Waals surface area contributed by atoms with Crippen LogP contribution < -0.4 is 22.0 Å². The van der Waals surface area contributed by atoms with Crippen LogP contribution in [0.4, 0.5) is 10.6 Å². The molecule has 5 N–H and O–H groups in total. The molecule has 29 heavy (non-hydrogen) atoms. The molecule has 0 saturated carbocycles. The number of aromatic nitrogens is 3. The number of anilines is 1. The van der Waals surface area contributed by atoms with E-state index in [9.17, 15) is 4.79 Å². The largest absolute Gasteiger partial charge is 0.382 e. The van der Waals surface area contributed by atoms with Gasteiger partial charge in [0, 0.05) is 37.6 Å². The number of nitrogens with two attached hydrogens (primary N) is 2. The molecule has 0 unspecified atom stereocenters. The number of hydrogen-bond donors (Lipinski definition) is 3. The lowest BCUT2D eigenvalue weighted by Gasteiger charge is -2.33. The summed E-state index contributed by atoms with van der Waals surface area (Å²) in [6, 6.07) is 3.45. The highest BCUT2D eigenvalue weighted by Gasteiger charge is 2.27. The second-order valence-corrected chi connectivity index (χ2v) is 6.68. The van der Waals surface area contributed by atoms with Crippen LogP contribution in [0.1, 0.15) is 44.9 Å². The highest BCUT2D eigenvalue weighted by molar-refractivity contribution is 5.97. The summed E-state index contributed by atoms with van der Waals surface area (Å²) >= 11 is 0. The fourth-order valence-electron chi connectivity index (χ4n) is 3.17. The molecule has 0 radical (unpaired) electrons. The highest BCUT2D eigenvalue weighted by Crippen LogP contribution is 2.21. The molecule has 0 aromatic carbocycles. The zero-order valence-corrected chi connectivity index (χ0v) is 17.5. The SMILES string of the molecule is CCC(CC)N(C(=O)N(C)Cc1cncn1CC)c1ccc(/C(N)=N/NN)cn1. The predicted molar refractivity (Wildman–Crippen MR) is 114 cm³/mol. The van der Waals surface area contributed by atoms with E-state index in [-0.39, 0.29) is 17.9 Å². The van der Waals surface area contributed by atoms with Crippen LogP contribution in [-0.4, -0.2) is 44.4 Å². The minimum atomic E-state index is -0.118. The number of aryl methyl sites for hydroxylation is 1. The molecule has 0 atom stereocenters. The first-order valence-corrected chi connectivity index (χ1v) is 9.75. The predicted octanol–water partition coefficient (Wildman–Crippen LogP) is 1.63. The number of amides is 2. The summed E-state index contributed by atoms with van der Waals surface area (Å²) in [5, 5.41) is 3.74. The third kappa shape index (κ3) is 5.23. The van der Waals surface area contributed by atoms with Crippen LogP contribution in [0.5, 0.6) is 0 Å². The van der Waals surface area contributed by atoms with Gasteiger partial charge < -0.3 is 15.2 Å². The normalized spacial score (nSPS) is 11.6. The van der Waals surface area contributed by atoms with Gasteiger partial charge >= 0.3 is 6.03 Å². The Morgan fingerprint density at radius 3 is 2.55 bits per heavy atom. The summed E-state index contributed by atoms with van der Waals surface area (Å²) in [6.07, 6.45) is 6.77. The first kappa shape index (κ1) is 22.2. The van der Waals surface area contributed by atoms with Crippen molar-refractivity contribution in [2.75, 3.05) is 11.9 Å². The van der Waals surface area contributed by atoms with Gasteiger partial charge in [0.05, 0.1) is 18.6 Å². The molecular weight excluding hydrogens is 370 g/mol. The van der Waals surface area contributed by atoms with Crippen molar-refractivity contribution in [2.45, 2.75) is 52.7 Å². The van der Waals surface area contributed by atoms with Crippen molar-refractivity contribution in [1.29, 1.82) is 0 Å². The van der Waals surface area contributed by atoms with Crippen molar-refractivity contribution >= 4 is 17.7 Å². The number of amidine groups is 1. The maximum atomic E-state index is 13.4. The number of hydrazine groups is 1. The standard InChI is InChI=1S/C19H31N9O/c1-5-15(6-2)28(17-9-8-14(10-23-17)18(20)24-25-21)19(29)26(4)12-16-11-22-13-27(16)7-3/h8-11,13,15,25H,5-7,12,21H2,1-4H3,(H2,20,24). The van der Waals surface area contributed by atoms with Gasteiger partial charge in [-0.25, -0.2) is 26.1 Å². The highest BCUT2D eigenvalue weighted by atomic mass is 16.2. The smallest absolute Gasteiger partial charge is 0.326 e. The monoisotopic (exact) mass is 401 g/mol. The van der Waals surface area contributed by atoms with E-state index in [1.807, 2.05) is 11.5 Å². The van der Waals surface area contributed by atoms with E-state index in [1.54, 1.807) is 47.7 Å². The van der Waals surface area contributed by atoms with Gasteiger partial charge in [-0.2, -0.15) is 0 Å². The van der Waals surface area contributed by atoms with Gasteiger partial charge in [-0.05, 0) is 31.9 Å². The number of nitrogens with one attached hydrogen (secondary N) is 1. The minimum absolute atomic E-state index is 0.0242. The van der Waals surface area contributed by atoms with E-state index in [0.29, 0.717) is 17.9 Å². The molecule has 0 aliphatic rings. The Hall–Kier alpha value is -3.14. The topological polar surface area (TPSA) is 131 Å². The summed E-state index contributed by atoms with van der Waals surface area (Å²) in [4.78, 5) is 25.4. The number of imidazole rings is 1. The maximum absolute atomic E-state index is 13.4. The zero-order valence-electron chi connectivity index (χ0n) is 17.5. The van der Waals surface area contributed by atoms with Gasteiger partial charge in [-0.15, -0.1) is 5.10 Å². The van der Waals surface area contributed by atoms with Crippen LogP contribution in [-0.2, 0) is 13.1 Å². The van der Waals surface area contributed by atoms with Gasteiger partial charge in [0.1, 0.15) is 5.82 Å². The summed E-state index contributed by atoms with van der Waals surface area (Å²) in [7, 11) is 1.79. The van der Waals surface area contributed by atoms with Gasteiger partial charge in [-0.1, -0.05) is 13.8 Å². The molecule has 0 bridgehead atoms. The molecule has 10 nitrogen and oxygen atoms in total. The lowest BCUT2D eigenvalue weighted by molar-refractivity contribution is 0.209. The molecule has 10 heteroatoms. The van der Waals surface area contributed by atoms with Crippen LogP contribution >= 0.6 is 0 Å². The fourth-order valence-corrected chi connectivity index (χ4v) is 3.17. The van der Waals surface area contributed by atoms with E-state index in [4.69, 9.17) is 11.6 Å². The van der Waals surface area contributed by atoms with Crippen LogP contribution in [0.3, 0.4) is 0 Å². The molecule has 0 fully saturated rings. The minimum Gasteiger partial charge on any atom is -0.382 e. The average molecular weight is 402 g/mol. The summed E-state index contributed by atoms with van der Waals surface area (Å²) in [5.41, 5.74) is 9.58. The van der Waals surface area contributed by atoms with E-state index in [1.165, 1.54) is 0 Å². The summed E-state index contributed by atoms with van der Waals surface area (Å²) in [5.74, 6) is 5.95. The third-order valence-corrected chi connectivity index (χ3v) is 4.85. The van der Waals surface area contributed by atoms with Crippen molar-refractivity contribution in [2.24, 2.45) is 16.7 Å². The van der Waals surface area contributed by atoms with Crippen LogP contribution in [0.15, 0.2) is 36.0 Å². The molecule has 0 spiro atoms. The van der Waals surface area contributed by atoms with Crippen molar-refractivity contribution in [3.63, 3.8) is 0 Å². The molecule has 0 saturated heterocycles. The van der Waals surface area contributed by atoms with Crippen molar-refractivity contribution in [3.8, 4) is 0 Å². The molecule has 0 aliphatic heterocycles. The number of hydrazone groups is 1. The zero-order chi connectivity index (χ0) is 21.4. The van der Waals surface area contributed by atoms with E-state index in [2.05, 4.69) is 34.5 Å². The fraction of sp³-hybridized carbons (Fsp3) is 0.474. The van der Waals surface area contributed by atoms with Gasteiger partial charge in [0.2, 0.25) is 0 Å². The Morgan fingerprint density at radius 2 is 2.00 bits per heavy atom. The molecule has 2 amide bonds. The van der Waals surface area contributed by atoms with Crippen molar-refractivity contribution in [3.05, 3.63) is 42.1 Å². The number of pyridine rings is 1. The van der Waals surface area contributed by atoms with Crippen LogP contribution in [0, 0.1) is 0 Å². The first-order valence-electron chi connectivity index (χ1n) is 9.75. The number of rotatable bonds is 9. The lowest BCUT2D eigenvalue weighted by atomic mass is 10.1. The number of urea groups is 1.